The third kappa shape index (κ3) is 4.75. The van der Waals surface area contributed by atoms with Crippen molar-refractivity contribution in [2.75, 3.05) is 18.2 Å². The molecule has 0 bridgehead atoms. The summed E-state index contributed by atoms with van der Waals surface area (Å²) in [5, 5.41) is 24.3. The van der Waals surface area contributed by atoms with E-state index in [0.717, 1.165) is 16.6 Å². The number of ether oxygens (including phenoxy) is 1. The summed E-state index contributed by atoms with van der Waals surface area (Å²) in [6.07, 6.45) is 0. The number of hydrogen-bond acceptors (Lipinski definition) is 8. The third-order valence-electron chi connectivity index (χ3n) is 4.28. The van der Waals surface area contributed by atoms with Gasteiger partial charge < -0.3 is 10.1 Å². The lowest BCUT2D eigenvalue weighted by molar-refractivity contribution is -0.113. The Kier molecular flexibility index (Phi) is 7.03. The van der Waals surface area contributed by atoms with Crippen molar-refractivity contribution in [1.29, 1.82) is 10.5 Å². The number of nitriles is 2. The molecule has 0 saturated heterocycles. The van der Waals surface area contributed by atoms with Crippen LogP contribution in [0.1, 0.15) is 27.2 Å². The number of thioether (sulfide) groups is 1. The molecule has 1 amide bonds. The minimum Gasteiger partial charge on any atom is -0.465 e. The van der Waals surface area contributed by atoms with Crippen molar-refractivity contribution < 1.29 is 14.3 Å². The number of anilines is 1. The lowest BCUT2D eigenvalue weighted by Gasteiger charge is -2.12. The summed E-state index contributed by atoms with van der Waals surface area (Å²) in [4.78, 5) is 29.6. The molecule has 3 aromatic rings. The van der Waals surface area contributed by atoms with Gasteiger partial charge in [-0.1, -0.05) is 30.0 Å². The van der Waals surface area contributed by atoms with Crippen LogP contribution in [-0.4, -0.2) is 29.7 Å². The molecule has 0 spiro atoms. The van der Waals surface area contributed by atoms with Crippen LogP contribution in [0, 0.1) is 29.6 Å². The summed E-state index contributed by atoms with van der Waals surface area (Å²) in [5.74, 6) is -0.959. The van der Waals surface area contributed by atoms with E-state index in [0.29, 0.717) is 27.5 Å². The monoisotopic (exact) mass is 448 g/mol. The van der Waals surface area contributed by atoms with Gasteiger partial charge in [0, 0.05) is 10.4 Å². The highest BCUT2D eigenvalue weighted by molar-refractivity contribution is 8.00. The quantitative estimate of drug-likeness (QED) is 0.439. The van der Waals surface area contributed by atoms with Gasteiger partial charge in [-0.3, -0.25) is 4.79 Å². The number of benzene rings is 1. The fraction of sp³-hybridized carbons (Fsp3) is 0.136. The van der Waals surface area contributed by atoms with Crippen molar-refractivity contribution in [3.63, 3.8) is 0 Å². The van der Waals surface area contributed by atoms with E-state index in [1.807, 2.05) is 17.5 Å². The lowest BCUT2D eigenvalue weighted by Crippen LogP contribution is -2.17. The van der Waals surface area contributed by atoms with Gasteiger partial charge in [0.25, 0.3) is 0 Å². The number of aryl methyl sites for hydroxylation is 1. The van der Waals surface area contributed by atoms with E-state index in [1.54, 1.807) is 31.2 Å². The van der Waals surface area contributed by atoms with E-state index in [1.165, 1.54) is 18.4 Å². The summed E-state index contributed by atoms with van der Waals surface area (Å²) in [5.41, 5.74) is 2.21. The minimum absolute atomic E-state index is 0.0353. The number of esters is 1. The van der Waals surface area contributed by atoms with E-state index in [-0.39, 0.29) is 22.8 Å². The number of thiophene rings is 1. The molecule has 0 atom stereocenters. The number of carbonyl (C=O) groups excluding carboxylic acids is 2. The highest BCUT2D eigenvalue weighted by atomic mass is 32.2. The van der Waals surface area contributed by atoms with Gasteiger partial charge in [0.2, 0.25) is 5.91 Å². The minimum atomic E-state index is -0.555. The molecule has 1 N–H and O–H groups in total. The van der Waals surface area contributed by atoms with E-state index in [2.05, 4.69) is 22.4 Å². The summed E-state index contributed by atoms with van der Waals surface area (Å²) in [7, 11) is 1.27. The molecule has 31 heavy (non-hydrogen) atoms. The largest absolute Gasteiger partial charge is 0.465 e. The zero-order chi connectivity index (χ0) is 22.4. The lowest BCUT2D eigenvalue weighted by atomic mass is 10.0. The van der Waals surface area contributed by atoms with Gasteiger partial charge in [-0.05, 0) is 30.5 Å². The molecule has 2 heterocycles. The van der Waals surface area contributed by atoms with Crippen LogP contribution in [0.25, 0.3) is 10.4 Å². The van der Waals surface area contributed by atoms with E-state index in [4.69, 9.17) is 4.74 Å². The predicted molar refractivity (Wildman–Crippen MR) is 119 cm³/mol. The van der Waals surface area contributed by atoms with Crippen LogP contribution in [0.15, 0.2) is 46.8 Å². The first-order valence-electron chi connectivity index (χ1n) is 8.98. The fourth-order valence-electron chi connectivity index (χ4n) is 2.89. The summed E-state index contributed by atoms with van der Waals surface area (Å²) >= 11 is 2.52. The molecule has 7 nitrogen and oxygen atoms in total. The van der Waals surface area contributed by atoms with E-state index < -0.39 is 5.97 Å². The van der Waals surface area contributed by atoms with Crippen LogP contribution in [0.2, 0.25) is 0 Å². The Bertz CT molecular complexity index is 1220. The Morgan fingerprint density at radius 1 is 1.16 bits per heavy atom. The van der Waals surface area contributed by atoms with Gasteiger partial charge in [-0.25, -0.2) is 9.78 Å². The summed E-state index contributed by atoms with van der Waals surface area (Å²) < 4.78 is 4.73. The number of para-hydroxylation sites is 1. The van der Waals surface area contributed by atoms with Crippen molar-refractivity contribution in [1.82, 2.24) is 4.98 Å². The number of methoxy groups -OCH3 is 1. The first-order chi connectivity index (χ1) is 15.0. The number of hydrogen-bond donors (Lipinski definition) is 1. The van der Waals surface area contributed by atoms with Crippen molar-refractivity contribution in [2.45, 2.75) is 11.9 Å². The van der Waals surface area contributed by atoms with E-state index in [9.17, 15) is 20.1 Å². The molecule has 2 aromatic heterocycles. The molecule has 1 aromatic carbocycles. The predicted octanol–water partition coefficient (Wildman–Crippen LogP) is 4.38. The zero-order valence-corrected chi connectivity index (χ0v) is 18.3. The van der Waals surface area contributed by atoms with Gasteiger partial charge in [-0.2, -0.15) is 10.5 Å². The van der Waals surface area contributed by atoms with Gasteiger partial charge in [0.1, 0.15) is 17.2 Å². The molecule has 0 aliphatic heterocycles. The van der Waals surface area contributed by atoms with Crippen LogP contribution in [-0.2, 0) is 9.53 Å². The number of amides is 1. The maximum Gasteiger partial charge on any atom is 0.339 e. The molecule has 0 radical (unpaired) electrons. The number of rotatable bonds is 6. The third-order valence-corrected chi connectivity index (χ3v) is 6.15. The molecule has 0 fully saturated rings. The second-order valence-electron chi connectivity index (χ2n) is 6.20. The summed E-state index contributed by atoms with van der Waals surface area (Å²) in [6, 6.07) is 14.5. The van der Waals surface area contributed by atoms with Crippen LogP contribution in [0.4, 0.5) is 5.69 Å². The average Bonchev–Trinajstić information content (AvgIpc) is 3.31. The maximum atomic E-state index is 12.5. The SMILES string of the molecule is COC(=O)c1ccccc1NC(=O)CSc1nc(C)c(C#N)c(-c2cccs2)c1C#N. The van der Waals surface area contributed by atoms with Crippen molar-refractivity contribution in [2.24, 2.45) is 0 Å². The Morgan fingerprint density at radius 3 is 2.55 bits per heavy atom. The Labute approximate surface area is 187 Å². The highest BCUT2D eigenvalue weighted by Crippen LogP contribution is 2.36. The maximum absolute atomic E-state index is 12.5. The standard InChI is InChI=1S/C22H16N4O3S2/c1-13-15(10-23)20(18-8-5-9-30-18)16(11-24)21(25-13)31-12-19(27)26-17-7-4-3-6-14(17)22(28)29-2/h3-9H,12H2,1-2H3,(H,26,27). The average molecular weight is 449 g/mol. The fourth-order valence-corrected chi connectivity index (χ4v) is 4.51. The Balaban J connectivity index is 1.86. The molecular weight excluding hydrogens is 432 g/mol. The van der Waals surface area contributed by atoms with E-state index >= 15 is 0 Å². The smallest absolute Gasteiger partial charge is 0.339 e. The van der Waals surface area contributed by atoms with Gasteiger partial charge in [0.15, 0.2) is 0 Å². The molecule has 3 rings (SSSR count). The number of pyridine rings is 1. The zero-order valence-electron chi connectivity index (χ0n) is 16.6. The van der Waals surface area contributed by atoms with Gasteiger partial charge in [-0.15, -0.1) is 11.3 Å². The molecule has 0 saturated carbocycles. The molecule has 9 heteroatoms. The second-order valence-corrected chi connectivity index (χ2v) is 8.11. The normalized spacial score (nSPS) is 10.1. The molecule has 154 valence electrons. The van der Waals surface area contributed by atoms with Crippen molar-refractivity contribution in [3.8, 4) is 22.6 Å². The topological polar surface area (TPSA) is 116 Å². The van der Waals surface area contributed by atoms with Crippen LogP contribution in [0.3, 0.4) is 0 Å². The summed E-state index contributed by atoms with van der Waals surface area (Å²) in [6.45, 7) is 1.70. The molecule has 0 aliphatic carbocycles. The number of nitrogens with zero attached hydrogens (tertiary/aromatic N) is 3. The van der Waals surface area contributed by atoms with Crippen LogP contribution in [0.5, 0.6) is 0 Å². The number of carbonyl (C=O) groups is 2. The number of nitrogens with one attached hydrogen (secondary N) is 1. The first-order valence-corrected chi connectivity index (χ1v) is 10.8. The molecule has 0 unspecified atom stereocenters. The number of aromatic nitrogens is 1. The van der Waals surface area contributed by atoms with Crippen LogP contribution < -0.4 is 5.32 Å². The highest BCUT2D eigenvalue weighted by Gasteiger charge is 2.21. The van der Waals surface area contributed by atoms with Gasteiger partial charge in [0.05, 0.1) is 40.9 Å². The first kappa shape index (κ1) is 22.0. The second kappa shape index (κ2) is 9.90. The van der Waals surface area contributed by atoms with Crippen molar-refractivity contribution >= 4 is 40.7 Å². The Morgan fingerprint density at radius 2 is 1.90 bits per heavy atom. The van der Waals surface area contributed by atoms with Crippen LogP contribution >= 0.6 is 23.1 Å². The van der Waals surface area contributed by atoms with Crippen molar-refractivity contribution in [3.05, 3.63) is 64.2 Å². The molecule has 0 aliphatic rings. The Hall–Kier alpha value is -3.66. The van der Waals surface area contributed by atoms with Gasteiger partial charge >= 0.3 is 5.97 Å². The molecular formula is C22H16N4O3S2.